The van der Waals surface area contributed by atoms with Gasteiger partial charge in [0, 0.05) is 17.4 Å². The van der Waals surface area contributed by atoms with Gasteiger partial charge in [-0.25, -0.2) is 4.98 Å². The van der Waals surface area contributed by atoms with Gasteiger partial charge in [0.1, 0.15) is 16.8 Å². The summed E-state index contributed by atoms with van der Waals surface area (Å²) >= 11 is 1.24. The Hall–Kier alpha value is -4.04. The Kier molecular flexibility index (Phi) is 6.54. The zero-order valence-corrected chi connectivity index (χ0v) is 20.0. The van der Waals surface area contributed by atoms with E-state index in [2.05, 4.69) is 10.3 Å². The lowest BCUT2D eigenvalue weighted by Gasteiger charge is -2.13. The lowest BCUT2D eigenvalue weighted by atomic mass is 10.2. The second-order valence-electron chi connectivity index (χ2n) is 7.91. The average molecular weight is 485 g/mol. The molecule has 5 rings (SSSR count). The molecule has 35 heavy (non-hydrogen) atoms. The van der Waals surface area contributed by atoms with Crippen LogP contribution in [0.15, 0.2) is 88.8 Å². The first-order valence-corrected chi connectivity index (χ1v) is 12.3. The number of fused-ring (bicyclic) bond motifs is 3. The Morgan fingerprint density at radius 3 is 2.54 bits per heavy atom. The van der Waals surface area contributed by atoms with Crippen LogP contribution in [0.4, 0.5) is 0 Å². The van der Waals surface area contributed by atoms with Gasteiger partial charge in [0.05, 0.1) is 18.0 Å². The number of nitrogens with one attached hydrogen (secondary N) is 2. The number of aromatic amines is 1. The standard InChI is InChI=1S/C27H24N4O3S/c1-2-34-20-14-12-19(13-15-20)31-26(33)25-24(21-10-6-7-11-22(21)29-25)30-27(31)35-17-23(32)28-16-18-8-4-3-5-9-18/h3-15,29H,2,16-17H2,1H3,(H,28,32). The lowest BCUT2D eigenvalue weighted by Crippen LogP contribution is -2.26. The summed E-state index contributed by atoms with van der Waals surface area (Å²) in [5.74, 6) is 0.716. The van der Waals surface area contributed by atoms with Gasteiger partial charge in [-0.05, 0) is 42.8 Å². The Balaban J connectivity index is 1.50. The predicted octanol–water partition coefficient (Wildman–Crippen LogP) is 4.67. The predicted molar refractivity (Wildman–Crippen MR) is 139 cm³/mol. The quantitative estimate of drug-likeness (QED) is 0.247. The van der Waals surface area contributed by atoms with E-state index in [1.165, 1.54) is 11.8 Å². The van der Waals surface area contributed by atoms with Crippen molar-refractivity contribution >= 4 is 39.6 Å². The molecule has 0 saturated carbocycles. The van der Waals surface area contributed by atoms with Crippen LogP contribution in [-0.2, 0) is 11.3 Å². The van der Waals surface area contributed by atoms with E-state index in [0.29, 0.717) is 35.0 Å². The molecule has 0 aliphatic rings. The highest BCUT2D eigenvalue weighted by atomic mass is 32.2. The van der Waals surface area contributed by atoms with E-state index in [0.717, 1.165) is 22.2 Å². The number of rotatable bonds is 8. The molecule has 7 nitrogen and oxygen atoms in total. The number of carbonyl (C=O) groups excluding carboxylic acids is 1. The van der Waals surface area contributed by atoms with E-state index in [9.17, 15) is 9.59 Å². The molecule has 5 aromatic rings. The van der Waals surface area contributed by atoms with Crippen molar-refractivity contribution in [1.82, 2.24) is 19.9 Å². The summed E-state index contributed by atoms with van der Waals surface area (Å²) in [6.07, 6.45) is 0. The smallest absolute Gasteiger partial charge is 0.283 e. The molecule has 1 amide bonds. The van der Waals surface area contributed by atoms with Gasteiger partial charge in [-0.15, -0.1) is 0 Å². The van der Waals surface area contributed by atoms with Crippen molar-refractivity contribution in [3.05, 3.63) is 94.8 Å². The fourth-order valence-corrected chi connectivity index (χ4v) is 4.74. The number of H-pyrrole nitrogens is 1. The van der Waals surface area contributed by atoms with E-state index in [1.54, 1.807) is 4.57 Å². The number of amides is 1. The van der Waals surface area contributed by atoms with Gasteiger partial charge in [-0.3, -0.25) is 14.2 Å². The second-order valence-corrected chi connectivity index (χ2v) is 8.85. The maximum Gasteiger partial charge on any atom is 0.283 e. The van der Waals surface area contributed by atoms with Crippen molar-refractivity contribution in [1.29, 1.82) is 0 Å². The van der Waals surface area contributed by atoms with Gasteiger partial charge < -0.3 is 15.0 Å². The molecule has 0 spiro atoms. The molecule has 2 N–H and O–H groups in total. The molecule has 3 aromatic carbocycles. The van der Waals surface area contributed by atoms with Crippen LogP contribution in [0.1, 0.15) is 12.5 Å². The van der Waals surface area contributed by atoms with Crippen molar-refractivity contribution in [3.63, 3.8) is 0 Å². The van der Waals surface area contributed by atoms with E-state index in [1.807, 2.05) is 85.8 Å². The Bertz CT molecular complexity index is 1540. The second kappa shape index (κ2) is 10.1. The number of thioether (sulfide) groups is 1. The summed E-state index contributed by atoms with van der Waals surface area (Å²) in [4.78, 5) is 34.3. The number of para-hydroxylation sites is 1. The average Bonchev–Trinajstić information content (AvgIpc) is 3.27. The zero-order valence-electron chi connectivity index (χ0n) is 19.2. The number of hydrogen-bond donors (Lipinski definition) is 2. The molecule has 2 aromatic heterocycles. The summed E-state index contributed by atoms with van der Waals surface area (Å²) in [5, 5.41) is 4.25. The molecular formula is C27H24N4O3S. The molecule has 0 aliphatic heterocycles. The fraction of sp³-hybridized carbons (Fsp3) is 0.148. The van der Waals surface area contributed by atoms with Crippen LogP contribution in [0.5, 0.6) is 5.75 Å². The minimum atomic E-state index is -0.220. The van der Waals surface area contributed by atoms with Crippen LogP contribution < -0.4 is 15.6 Å². The van der Waals surface area contributed by atoms with Gasteiger partial charge in [-0.1, -0.05) is 60.3 Å². The maximum absolute atomic E-state index is 13.6. The highest BCUT2D eigenvalue weighted by molar-refractivity contribution is 7.99. The van der Waals surface area contributed by atoms with Gasteiger partial charge in [0.15, 0.2) is 5.16 Å². The molecule has 0 atom stereocenters. The number of carbonyl (C=O) groups is 1. The largest absolute Gasteiger partial charge is 0.494 e. The normalized spacial score (nSPS) is 11.1. The molecule has 0 unspecified atom stereocenters. The molecule has 0 fully saturated rings. The van der Waals surface area contributed by atoms with E-state index in [-0.39, 0.29) is 17.2 Å². The Labute approximate surface area is 206 Å². The third-order valence-electron chi connectivity index (χ3n) is 5.57. The summed E-state index contributed by atoms with van der Waals surface area (Å²) in [6.45, 7) is 2.92. The number of ether oxygens (including phenoxy) is 1. The van der Waals surface area contributed by atoms with Crippen LogP contribution in [0, 0.1) is 0 Å². The van der Waals surface area contributed by atoms with Crippen LogP contribution in [0.3, 0.4) is 0 Å². The van der Waals surface area contributed by atoms with E-state index < -0.39 is 0 Å². The lowest BCUT2D eigenvalue weighted by molar-refractivity contribution is -0.118. The molecule has 0 radical (unpaired) electrons. The molecule has 0 aliphatic carbocycles. The highest BCUT2D eigenvalue weighted by Crippen LogP contribution is 2.27. The topological polar surface area (TPSA) is 89.0 Å². The molecule has 0 saturated heterocycles. The van der Waals surface area contributed by atoms with Gasteiger partial charge in [-0.2, -0.15) is 0 Å². The van der Waals surface area contributed by atoms with Crippen LogP contribution in [0.2, 0.25) is 0 Å². The van der Waals surface area contributed by atoms with Gasteiger partial charge in [0.2, 0.25) is 5.91 Å². The first kappa shape index (κ1) is 22.7. The number of nitrogens with zero attached hydrogens (tertiary/aromatic N) is 2. The maximum atomic E-state index is 13.6. The Morgan fingerprint density at radius 1 is 1.03 bits per heavy atom. The van der Waals surface area contributed by atoms with Crippen LogP contribution >= 0.6 is 11.8 Å². The number of aromatic nitrogens is 3. The monoisotopic (exact) mass is 484 g/mol. The SMILES string of the molecule is CCOc1ccc(-n2c(SCC(=O)NCc3ccccc3)nc3c([nH]c4ccccc43)c2=O)cc1. The Morgan fingerprint density at radius 2 is 1.77 bits per heavy atom. The summed E-state index contributed by atoms with van der Waals surface area (Å²) < 4.78 is 7.09. The molecule has 2 heterocycles. The third kappa shape index (κ3) is 4.79. The molecular weight excluding hydrogens is 460 g/mol. The molecule has 0 bridgehead atoms. The minimum absolute atomic E-state index is 0.129. The highest BCUT2D eigenvalue weighted by Gasteiger charge is 2.18. The first-order valence-electron chi connectivity index (χ1n) is 11.3. The summed E-state index contributed by atoms with van der Waals surface area (Å²) in [7, 11) is 0. The van der Waals surface area contributed by atoms with Crippen LogP contribution in [0.25, 0.3) is 27.6 Å². The van der Waals surface area contributed by atoms with Crippen molar-refractivity contribution in [2.45, 2.75) is 18.6 Å². The van der Waals surface area contributed by atoms with Crippen molar-refractivity contribution in [2.75, 3.05) is 12.4 Å². The molecule has 8 heteroatoms. The number of benzene rings is 3. The zero-order chi connectivity index (χ0) is 24.2. The van der Waals surface area contributed by atoms with Crippen LogP contribution in [-0.4, -0.2) is 32.8 Å². The van der Waals surface area contributed by atoms with Crippen molar-refractivity contribution in [2.24, 2.45) is 0 Å². The third-order valence-corrected chi connectivity index (χ3v) is 6.50. The first-order chi connectivity index (χ1) is 17.1. The minimum Gasteiger partial charge on any atom is -0.494 e. The summed E-state index contributed by atoms with van der Waals surface area (Å²) in [5.41, 5.74) is 3.32. The van der Waals surface area contributed by atoms with E-state index >= 15 is 0 Å². The van der Waals surface area contributed by atoms with Crippen molar-refractivity contribution in [3.8, 4) is 11.4 Å². The molecule has 176 valence electrons. The van der Waals surface area contributed by atoms with Gasteiger partial charge in [0.25, 0.3) is 5.56 Å². The van der Waals surface area contributed by atoms with Crippen molar-refractivity contribution < 1.29 is 9.53 Å². The number of hydrogen-bond acceptors (Lipinski definition) is 5. The summed E-state index contributed by atoms with van der Waals surface area (Å²) in [6, 6.07) is 24.7. The van der Waals surface area contributed by atoms with E-state index in [4.69, 9.17) is 9.72 Å². The van der Waals surface area contributed by atoms with Gasteiger partial charge >= 0.3 is 0 Å². The fourth-order valence-electron chi connectivity index (χ4n) is 3.90.